The van der Waals surface area contributed by atoms with Crippen LogP contribution in [0.3, 0.4) is 0 Å². The van der Waals surface area contributed by atoms with Gasteiger partial charge in [-0.3, -0.25) is 0 Å². The number of aromatic nitrogens is 2. The molecule has 0 aromatic carbocycles. The Labute approximate surface area is 81.5 Å². The third-order valence-electron chi connectivity index (χ3n) is 1.67. The van der Waals surface area contributed by atoms with Crippen molar-refractivity contribution in [2.75, 3.05) is 0 Å². The Hall–Kier alpha value is 0.160. The molecule has 0 fully saturated rings. The molecule has 2 unspecified atom stereocenters. The van der Waals surface area contributed by atoms with Crippen LogP contribution in [0, 0.1) is 0 Å². The number of alkyl halides is 2. The molecule has 2 heterocycles. The monoisotopic (exact) mass is 279 g/mol. The molecule has 4 heteroatoms. The predicted octanol–water partition coefficient (Wildman–Crippen LogP) is -1.43. The molecule has 0 saturated carbocycles. The van der Waals surface area contributed by atoms with Gasteiger partial charge in [-0.1, -0.05) is 0 Å². The van der Waals surface area contributed by atoms with Gasteiger partial charge >= 0.3 is 81.7 Å². The van der Waals surface area contributed by atoms with Gasteiger partial charge in [-0.25, -0.2) is 0 Å². The number of halogens is 1. The van der Waals surface area contributed by atoms with Gasteiger partial charge in [0.2, 0.25) is 0 Å². The van der Waals surface area contributed by atoms with Crippen molar-refractivity contribution in [1.82, 2.24) is 9.97 Å². The second kappa shape index (κ2) is 2.90. The summed E-state index contributed by atoms with van der Waals surface area (Å²) >= 11 is 4.60. The summed E-state index contributed by atoms with van der Waals surface area (Å²) in [5.41, 5.74) is 2.30. The van der Waals surface area contributed by atoms with Crippen molar-refractivity contribution >= 4 is 12.6 Å². The standard InChI is InChI=1S/C7H8IN2S/c1-4-5-6(7(11)8-4)10-3-2-9-5/h2-4,7,11H,1H3/q-1. The van der Waals surface area contributed by atoms with Crippen LogP contribution in [-0.4, -0.2) is 9.97 Å². The first-order valence-corrected chi connectivity index (χ1v) is 6.40. The van der Waals surface area contributed by atoms with Crippen LogP contribution < -0.4 is 21.2 Å². The number of nitrogens with zero attached hydrogens (tertiary/aromatic N) is 2. The van der Waals surface area contributed by atoms with Crippen LogP contribution >= 0.6 is 12.6 Å². The van der Waals surface area contributed by atoms with Crippen molar-refractivity contribution in [2.45, 2.75) is 14.1 Å². The maximum atomic E-state index is 4.48. The summed E-state index contributed by atoms with van der Waals surface area (Å²) in [4.78, 5) is 8.59. The molecule has 1 aromatic heterocycles. The molecular weight excluding hydrogens is 271 g/mol. The Balaban J connectivity index is 2.52. The first kappa shape index (κ1) is 7.79. The first-order chi connectivity index (χ1) is 5.29. The van der Waals surface area contributed by atoms with Crippen molar-refractivity contribution in [3.63, 3.8) is 0 Å². The van der Waals surface area contributed by atoms with Crippen LogP contribution in [0.15, 0.2) is 12.4 Å². The third-order valence-corrected chi connectivity index (χ3v) is 5.61. The summed E-state index contributed by atoms with van der Waals surface area (Å²) in [5, 5.41) is 0. The number of hydrogen-bond acceptors (Lipinski definition) is 3. The van der Waals surface area contributed by atoms with E-state index in [9.17, 15) is 0 Å². The zero-order valence-corrected chi connectivity index (χ0v) is 9.08. The Morgan fingerprint density at radius 2 is 2.00 bits per heavy atom. The average Bonchev–Trinajstić information content (AvgIpc) is 2.30. The number of fused-ring (bicyclic) bond motifs is 1. The molecule has 1 aromatic rings. The van der Waals surface area contributed by atoms with Gasteiger partial charge in [0, 0.05) is 0 Å². The van der Waals surface area contributed by atoms with Crippen molar-refractivity contribution in [2.24, 2.45) is 0 Å². The van der Waals surface area contributed by atoms with E-state index in [1.165, 1.54) is 5.69 Å². The molecule has 0 N–H and O–H groups in total. The summed E-state index contributed by atoms with van der Waals surface area (Å²) in [6, 6.07) is 0. The molecule has 11 heavy (non-hydrogen) atoms. The predicted molar refractivity (Wildman–Crippen MR) is 42.2 cm³/mol. The van der Waals surface area contributed by atoms with Crippen LogP contribution in [0.1, 0.15) is 25.5 Å². The van der Waals surface area contributed by atoms with Crippen LogP contribution in [0.5, 0.6) is 0 Å². The second-order valence-electron chi connectivity index (χ2n) is 2.40. The van der Waals surface area contributed by atoms with E-state index in [-0.39, 0.29) is 21.2 Å². The van der Waals surface area contributed by atoms with E-state index in [0.29, 0.717) is 7.18 Å². The minimum absolute atomic E-state index is 0.126. The molecule has 0 saturated heterocycles. The summed E-state index contributed by atoms with van der Waals surface area (Å²) in [6.07, 6.45) is 3.52. The van der Waals surface area contributed by atoms with Gasteiger partial charge in [-0.2, -0.15) is 0 Å². The van der Waals surface area contributed by atoms with E-state index < -0.39 is 0 Å². The summed E-state index contributed by atoms with van der Waals surface area (Å²) < 4.78 is 1.05. The van der Waals surface area contributed by atoms with Gasteiger partial charge in [0.1, 0.15) is 0 Å². The number of hydrogen-bond donors (Lipinski definition) is 1. The van der Waals surface area contributed by atoms with Crippen LogP contribution in [0.25, 0.3) is 0 Å². The fourth-order valence-electron chi connectivity index (χ4n) is 1.15. The van der Waals surface area contributed by atoms with Crippen molar-refractivity contribution in [3.8, 4) is 0 Å². The van der Waals surface area contributed by atoms with Gasteiger partial charge in [0.05, 0.1) is 0 Å². The van der Waals surface area contributed by atoms with Gasteiger partial charge in [0.15, 0.2) is 0 Å². The Morgan fingerprint density at radius 1 is 1.36 bits per heavy atom. The van der Waals surface area contributed by atoms with Gasteiger partial charge < -0.3 is 0 Å². The number of thiol groups is 1. The first-order valence-electron chi connectivity index (χ1n) is 3.40. The van der Waals surface area contributed by atoms with E-state index in [4.69, 9.17) is 0 Å². The molecular formula is C7H8IN2S-. The van der Waals surface area contributed by atoms with Crippen LogP contribution in [0.4, 0.5) is 0 Å². The van der Waals surface area contributed by atoms with Crippen molar-refractivity contribution in [1.29, 1.82) is 0 Å². The van der Waals surface area contributed by atoms with Crippen molar-refractivity contribution < 1.29 is 21.2 Å². The molecule has 2 nitrogen and oxygen atoms in total. The van der Waals surface area contributed by atoms with Crippen molar-refractivity contribution in [3.05, 3.63) is 23.8 Å². The van der Waals surface area contributed by atoms with Crippen LogP contribution in [0.2, 0.25) is 0 Å². The Morgan fingerprint density at radius 3 is 2.64 bits per heavy atom. The van der Waals surface area contributed by atoms with Gasteiger partial charge in [0.25, 0.3) is 0 Å². The zero-order chi connectivity index (χ0) is 7.84. The Kier molecular flexibility index (Phi) is 2.05. The Bertz CT molecular complexity index is 252. The fraction of sp³-hybridized carbons (Fsp3) is 0.429. The summed E-state index contributed by atoms with van der Waals surface area (Å²) in [5.74, 6) is 0. The summed E-state index contributed by atoms with van der Waals surface area (Å²) in [7, 11) is 0. The van der Waals surface area contributed by atoms with Crippen LogP contribution in [-0.2, 0) is 0 Å². The SMILES string of the molecule is CC1[I-]C(S)c2nccnc21. The molecule has 0 aliphatic carbocycles. The normalized spacial score (nSPS) is 29.3. The van der Waals surface area contributed by atoms with E-state index in [0.717, 1.165) is 5.69 Å². The molecule has 2 atom stereocenters. The summed E-state index contributed by atoms with van der Waals surface area (Å²) in [6.45, 7) is 2.22. The minimum atomic E-state index is 0.126. The second-order valence-corrected chi connectivity index (χ2v) is 7.74. The molecule has 0 radical (unpaired) electrons. The van der Waals surface area contributed by atoms with E-state index in [1.807, 2.05) is 0 Å². The van der Waals surface area contributed by atoms with Gasteiger partial charge in [-0.05, 0) is 0 Å². The van der Waals surface area contributed by atoms with E-state index >= 15 is 0 Å². The maximum absolute atomic E-state index is 4.48. The van der Waals surface area contributed by atoms with Gasteiger partial charge in [-0.15, -0.1) is 0 Å². The molecule has 60 valence electrons. The topological polar surface area (TPSA) is 25.8 Å². The molecule has 0 bridgehead atoms. The molecule has 0 amide bonds. The quantitative estimate of drug-likeness (QED) is 0.358. The average molecular weight is 279 g/mol. The molecule has 2 rings (SSSR count). The third kappa shape index (κ3) is 1.26. The molecule has 0 spiro atoms. The molecule has 1 aliphatic rings. The van der Waals surface area contributed by atoms with E-state index in [1.54, 1.807) is 12.4 Å². The zero-order valence-electron chi connectivity index (χ0n) is 6.03. The number of rotatable bonds is 0. The molecule has 1 aliphatic heterocycles. The van der Waals surface area contributed by atoms with E-state index in [2.05, 4.69) is 29.5 Å². The fourth-order valence-corrected chi connectivity index (χ4v) is 5.14.